The second kappa shape index (κ2) is 10.7. The van der Waals surface area contributed by atoms with Gasteiger partial charge in [-0.15, -0.1) is 10.2 Å². The van der Waals surface area contributed by atoms with Crippen LogP contribution in [-0.2, 0) is 17.9 Å². The fourth-order valence-corrected chi connectivity index (χ4v) is 3.92. The first-order valence-electron chi connectivity index (χ1n) is 11.0. The first-order valence-corrected chi connectivity index (χ1v) is 11.7. The molecule has 3 heterocycles. The Bertz CT molecular complexity index is 1550. The largest absolute Gasteiger partial charge is 0.393 e. The average molecular weight is 591 g/mol. The number of alkyl halides is 5. The summed E-state index contributed by atoms with van der Waals surface area (Å²) >= 11 is 12.0. The normalized spacial score (nSPS) is 13.0. The maximum atomic E-state index is 13.9. The van der Waals surface area contributed by atoms with Crippen molar-refractivity contribution in [2.75, 3.05) is 0 Å². The van der Waals surface area contributed by atoms with E-state index in [0.717, 1.165) is 4.68 Å². The lowest BCUT2D eigenvalue weighted by Gasteiger charge is -2.24. The van der Waals surface area contributed by atoms with Crippen molar-refractivity contribution in [3.05, 3.63) is 75.3 Å². The Morgan fingerprint density at radius 1 is 1.03 bits per heavy atom. The van der Waals surface area contributed by atoms with Gasteiger partial charge in [-0.05, 0) is 36.4 Å². The molecule has 0 saturated heterocycles. The second-order valence-electron chi connectivity index (χ2n) is 8.31. The van der Waals surface area contributed by atoms with Crippen LogP contribution in [0.1, 0.15) is 12.2 Å². The van der Waals surface area contributed by atoms with Crippen LogP contribution >= 0.6 is 23.2 Å². The Hall–Kier alpha value is -3.85. The van der Waals surface area contributed by atoms with E-state index in [-0.39, 0.29) is 28.1 Å². The molecule has 39 heavy (non-hydrogen) atoms. The van der Waals surface area contributed by atoms with Crippen LogP contribution in [-0.4, -0.2) is 52.1 Å². The molecule has 1 unspecified atom stereocenters. The zero-order chi connectivity index (χ0) is 28.5. The number of carbonyl (C=O) groups is 1. The summed E-state index contributed by atoms with van der Waals surface area (Å²) in [7, 11) is 0. The highest BCUT2D eigenvalue weighted by Gasteiger charge is 2.49. The minimum absolute atomic E-state index is 0.0266. The smallest absolute Gasteiger partial charge is 0.364 e. The number of amides is 1. The lowest BCUT2D eigenvalue weighted by atomic mass is 9.99. The number of halogens is 7. The first kappa shape index (κ1) is 28.2. The zero-order valence-corrected chi connectivity index (χ0v) is 21.0. The van der Waals surface area contributed by atoms with Gasteiger partial charge >= 0.3 is 17.8 Å². The van der Waals surface area contributed by atoms with Crippen molar-refractivity contribution in [1.29, 1.82) is 0 Å². The molecule has 4 aromatic rings. The van der Waals surface area contributed by atoms with E-state index in [2.05, 4.69) is 25.9 Å². The third-order valence-corrected chi connectivity index (χ3v) is 6.09. The quantitative estimate of drug-likeness (QED) is 0.296. The molecule has 0 spiro atoms. The number of nitrogens with two attached hydrogens (primary N) is 1. The highest BCUT2D eigenvalue weighted by atomic mass is 35.5. The number of hydrogen-bond acceptors (Lipinski definition) is 6. The van der Waals surface area contributed by atoms with Crippen LogP contribution in [0.5, 0.6) is 0 Å². The van der Waals surface area contributed by atoms with Crippen molar-refractivity contribution >= 4 is 29.1 Å². The maximum absolute atomic E-state index is 13.9. The minimum atomic E-state index is -5.21. The third kappa shape index (κ3) is 6.25. The van der Waals surface area contributed by atoms with E-state index in [0.29, 0.717) is 9.59 Å². The number of aromatic nitrogens is 7. The Morgan fingerprint density at radius 3 is 2.33 bits per heavy atom. The Balaban J connectivity index is 1.74. The lowest BCUT2D eigenvalue weighted by Crippen LogP contribution is -2.42. The van der Waals surface area contributed by atoms with E-state index in [4.69, 9.17) is 23.2 Å². The molecule has 0 bridgehead atoms. The molecule has 17 heteroatoms. The summed E-state index contributed by atoms with van der Waals surface area (Å²) in [5.41, 5.74) is 3.69. The molecule has 2 N–H and O–H groups in total. The lowest BCUT2D eigenvalue weighted by molar-refractivity contribution is -0.198. The summed E-state index contributed by atoms with van der Waals surface area (Å²) in [4.78, 5) is 32.4. The zero-order valence-electron chi connectivity index (χ0n) is 19.5. The van der Waals surface area contributed by atoms with E-state index in [1.807, 2.05) is 0 Å². The molecule has 1 aromatic carbocycles. The van der Waals surface area contributed by atoms with Crippen LogP contribution in [0.15, 0.2) is 53.7 Å². The van der Waals surface area contributed by atoms with Gasteiger partial charge < -0.3 is 5.73 Å². The maximum Gasteiger partial charge on any atom is 0.393 e. The van der Waals surface area contributed by atoms with Crippen molar-refractivity contribution in [2.24, 2.45) is 11.7 Å². The fraction of sp³-hybridized carbons (Fsp3) is 0.273. The van der Waals surface area contributed by atoms with E-state index in [1.165, 1.54) is 41.5 Å². The van der Waals surface area contributed by atoms with Gasteiger partial charge in [-0.25, -0.2) is 24.1 Å². The summed E-state index contributed by atoms with van der Waals surface area (Å²) in [6.45, 7) is -1.66. The number of pyridine rings is 1. The van der Waals surface area contributed by atoms with E-state index < -0.39 is 49.1 Å². The predicted octanol–water partition coefficient (Wildman–Crippen LogP) is 3.73. The number of nitrogens with zero attached hydrogens (tertiary/aromatic N) is 7. The molecule has 3 aromatic heterocycles. The molecule has 0 saturated carbocycles. The Labute approximate surface area is 225 Å². The van der Waals surface area contributed by atoms with Crippen molar-refractivity contribution < 1.29 is 26.7 Å². The van der Waals surface area contributed by atoms with Crippen molar-refractivity contribution in [1.82, 2.24) is 34.1 Å². The average Bonchev–Trinajstić information content (AvgIpc) is 3.44. The highest BCUT2D eigenvalue weighted by molar-refractivity contribution is 6.32. The summed E-state index contributed by atoms with van der Waals surface area (Å²) in [5, 5.41) is 8.84. The summed E-state index contributed by atoms with van der Waals surface area (Å²) in [6, 6.07) is 8.76. The first-order chi connectivity index (χ1) is 18.3. The van der Waals surface area contributed by atoms with E-state index in [9.17, 15) is 31.5 Å². The molecular weight excluding hydrogens is 574 g/mol. The summed E-state index contributed by atoms with van der Waals surface area (Å²) < 4.78 is 71.8. The van der Waals surface area contributed by atoms with Crippen LogP contribution in [0, 0.1) is 5.92 Å². The van der Waals surface area contributed by atoms with E-state index in [1.54, 1.807) is 12.1 Å². The van der Waals surface area contributed by atoms with Gasteiger partial charge in [-0.1, -0.05) is 23.2 Å². The molecule has 4 rings (SSSR count). The van der Waals surface area contributed by atoms with Crippen LogP contribution in [0.2, 0.25) is 10.0 Å². The molecule has 10 nitrogen and oxygen atoms in total. The van der Waals surface area contributed by atoms with Crippen molar-refractivity contribution in [3.8, 4) is 17.2 Å². The van der Waals surface area contributed by atoms with Crippen LogP contribution in [0.25, 0.3) is 17.2 Å². The Kier molecular flexibility index (Phi) is 7.75. The molecule has 0 fully saturated rings. The van der Waals surface area contributed by atoms with E-state index >= 15 is 0 Å². The third-order valence-electron chi connectivity index (χ3n) is 5.54. The van der Waals surface area contributed by atoms with Gasteiger partial charge in [0.1, 0.15) is 12.9 Å². The fourth-order valence-electron chi connectivity index (χ4n) is 3.59. The van der Waals surface area contributed by atoms with Gasteiger partial charge in [0, 0.05) is 29.7 Å². The van der Waals surface area contributed by atoms with Crippen LogP contribution < -0.4 is 11.4 Å². The molecule has 1 atom stereocenters. The van der Waals surface area contributed by atoms with Crippen LogP contribution in [0.4, 0.5) is 22.0 Å². The second-order valence-corrected chi connectivity index (χ2v) is 9.15. The topological polar surface area (TPSA) is 127 Å². The number of primary amides is 1. The monoisotopic (exact) mass is 590 g/mol. The molecule has 1 amide bonds. The van der Waals surface area contributed by atoms with Gasteiger partial charge in [0.15, 0.2) is 17.5 Å². The highest BCUT2D eigenvalue weighted by Crippen LogP contribution is 2.36. The summed E-state index contributed by atoms with van der Waals surface area (Å²) in [6.07, 6.45) is -4.44. The number of rotatable bonds is 9. The van der Waals surface area contributed by atoms with Crippen LogP contribution in [0.3, 0.4) is 0 Å². The van der Waals surface area contributed by atoms with Crippen molar-refractivity contribution in [2.45, 2.75) is 31.6 Å². The molecule has 0 radical (unpaired) electrons. The Morgan fingerprint density at radius 2 is 1.72 bits per heavy atom. The predicted molar refractivity (Wildman–Crippen MR) is 129 cm³/mol. The van der Waals surface area contributed by atoms with Crippen molar-refractivity contribution in [3.63, 3.8) is 0 Å². The molecule has 0 aliphatic heterocycles. The van der Waals surface area contributed by atoms with Gasteiger partial charge in [-0.2, -0.15) is 22.0 Å². The molecule has 206 valence electrons. The van der Waals surface area contributed by atoms with Gasteiger partial charge in [0.2, 0.25) is 0 Å². The molecule has 0 aliphatic carbocycles. The standard InChI is InChI=1S/C22H17Cl2F5N8O2/c23-14-5-3-12(4-6-14)17-34-36(10-16-32-11-37(33-16)18-15(24)2-1-7-31-18)20(39)35(17)9-13(22(27,28)29)8-21(25,26)19(30)38/h1-7,11,13H,8-10H2,(H2,30,38). The molecular formula is C22H17Cl2F5N8O2. The molecule has 0 aliphatic rings. The number of carbonyl (C=O) groups excluding carboxylic acids is 1. The van der Waals surface area contributed by atoms with Gasteiger partial charge in [-0.3, -0.25) is 9.36 Å². The summed E-state index contributed by atoms with van der Waals surface area (Å²) in [5.74, 6) is -9.50. The van der Waals surface area contributed by atoms with Gasteiger partial charge in [0.05, 0.1) is 10.9 Å². The van der Waals surface area contributed by atoms with Gasteiger partial charge in [0.25, 0.3) is 5.91 Å². The number of benzene rings is 1. The minimum Gasteiger partial charge on any atom is -0.364 e. The number of hydrogen-bond donors (Lipinski definition) is 1. The SMILES string of the molecule is NC(=O)C(F)(F)CC(Cn1c(-c2ccc(Cl)cc2)nn(Cc2ncn(-c3ncccc3Cl)n2)c1=O)C(F)(F)F.